The van der Waals surface area contributed by atoms with E-state index < -0.39 is 17.6 Å². The Labute approximate surface area is 192 Å². The number of para-hydroxylation sites is 1. The van der Waals surface area contributed by atoms with E-state index >= 15 is 0 Å². The Hall–Kier alpha value is -3.93. The summed E-state index contributed by atoms with van der Waals surface area (Å²) in [6.45, 7) is 7.72. The number of halogens is 1. The van der Waals surface area contributed by atoms with E-state index in [0.29, 0.717) is 17.0 Å². The minimum absolute atomic E-state index is 0.0333. The molecule has 0 fully saturated rings. The van der Waals surface area contributed by atoms with E-state index in [1.165, 1.54) is 18.2 Å². The van der Waals surface area contributed by atoms with Gasteiger partial charge in [-0.05, 0) is 75.2 Å². The molecular weight excluding hydrogens is 419 g/mol. The number of aryl methyl sites for hydroxylation is 2. The summed E-state index contributed by atoms with van der Waals surface area (Å²) in [5, 5.41) is 3.10. The van der Waals surface area contributed by atoms with Crippen LogP contribution < -0.4 is 15.0 Å². The van der Waals surface area contributed by atoms with Crippen LogP contribution in [0.2, 0.25) is 0 Å². The Morgan fingerprint density at radius 1 is 0.909 bits per heavy atom. The van der Waals surface area contributed by atoms with Crippen molar-refractivity contribution in [2.24, 2.45) is 0 Å². The molecule has 5 nitrogen and oxygen atoms in total. The molecule has 3 aromatic carbocycles. The Bertz CT molecular complexity index is 1260. The van der Waals surface area contributed by atoms with Gasteiger partial charge in [-0.1, -0.05) is 35.9 Å². The highest BCUT2D eigenvalue weighted by Gasteiger charge is 2.41. The summed E-state index contributed by atoms with van der Waals surface area (Å²) in [6.07, 6.45) is 0.0333. The molecule has 2 amide bonds. The van der Waals surface area contributed by atoms with Crippen LogP contribution in [0.4, 0.5) is 15.8 Å². The molecule has 4 rings (SSSR count). The van der Waals surface area contributed by atoms with Crippen LogP contribution in [0.5, 0.6) is 5.75 Å². The lowest BCUT2D eigenvalue weighted by Crippen LogP contribution is -2.33. The Kier molecular flexibility index (Phi) is 6.01. The predicted octanol–water partition coefficient (Wildman–Crippen LogP) is 5.63. The monoisotopic (exact) mass is 444 g/mol. The molecule has 0 atom stereocenters. The fourth-order valence-electron chi connectivity index (χ4n) is 3.87. The molecule has 0 bridgehead atoms. The van der Waals surface area contributed by atoms with Gasteiger partial charge in [0.15, 0.2) is 0 Å². The number of benzene rings is 3. The van der Waals surface area contributed by atoms with Crippen molar-refractivity contribution < 1.29 is 18.7 Å². The number of rotatable bonds is 6. The normalized spacial score (nSPS) is 13.8. The average Bonchev–Trinajstić information content (AvgIpc) is 2.99. The minimum atomic E-state index is -0.643. The lowest BCUT2D eigenvalue weighted by atomic mass is 9.97. The zero-order valence-corrected chi connectivity index (χ0v) is 19.0. The van der Waals surface area contributed by atoms with Gasteiger partial charge in [0.25, 0.3) is 11.8 Å². The summed E-state index contributed by atoms with van der Waals surface area (Å²) < 4.78 is 20.2. The highest BCUT2D eigenvalue weighted by molar-refractivity contribution is 6.46. The number of anilines is 2. The van der Waals surface area contributed by atoms with Crippen LogP contribution in [-0.2, 0) is 9.59 Å². The van der Waals surface area contributed by atoms with Gasteiger partial charge in [-0.25, -0.2) is 9.29 Å². The molecule has 33 heavy (non-hydrogen) atoms. The zero-order valence-electron chi connectivity index (χ0n) is 19.0. The van der Waals surface area contributed by atoms with Crippen molar-refractivity contribution in [3.8, 4) is 5.75 Å². The number of amides is 2. The molecule has 0 aliphatic carbocycles. The molecule has 3 aromatic rings. The highest BCUT2D eigenvalue weighted by atomic mass is 19.1. The number of hydrogen-bond donors (Lipinski definition) is 1. The summed E-state index contributed by atoms with van der Waals surface area (Å²) in [5.41, 5.74) is 3.36. The van der Waals surface area contributed by atoms with Crippen LogP contribution in [0.25, 0.3) is 5.57 Å². The summed E-state index contributed by atoms with van der Waals surface area (Å²) >= 11 is 0. The molecular formula is C27H25FN2O3. The van der Waals surface area contributed by atoms with Crippen LogP contribution in [0.15, 0.2) is 72.4 Å². The van der Waals surface area contributed by atoms with Gasteiger partial charge in [0.05, 0.1) is 17.4 Å². The smallest absolute Gasteiger partial charge is 0.282 e. The zero-order chi connectivity index (χ0) is 23.7. The number of imide groups is 1. The second-order valence-corrected chi connectivity index (χ2v) is 8.28. The molecule has 1 aliphatic rings. The molecule has 0 unspecified atom stereocenters. The lowest BCUT2D eigenvalue weighted by Gasteiger charge is -2.16. The SMILES string of the molecule is Cc1ccc(C2=C(Nc3ccc(OC(C)C)cc3)C(=O)N(c3ccccc3F)C2=O)c(C)c1. The molecule has 0 radical (unpaired) electrons. The van der Waals surface area contributed by atoms with E-state index in [9.17, 15) is 14.0 Å². The lowest BCUT2D eigenvalue weighted by molar-refractivity contribution is -0.120. The first-order chi connectivity index (χ1) is 15.8. The predicted molar refractivity (Wildman–Crippen MR) is 128 cm³/mol. The third-order valence-corrected chi connectivity index (χ3v) is 5.32. The number of carbonyl (C=O) groups excluding carboxylic acids is 2. The van der Waals surface area contributed by atoms with Gasteiger partial charge in [0.2, 0.25) is 0 Å². The maximum atomic E-state index is 14.6. The molecule has 0 spiro atoms. The van der Waals surface area contributed by atoms with Crippen molar-refractivity contribution in [2.75, 3.05) is 10.2 Å². The molecule has 1 heterocycles. The third-order valence-electron chi connectivity index (χ3n) is 5.32. The molecule has 168 valence electrons. The maximum absolute atomic E-state index is 14.6. The van der Waals surface area contributed by atoms with Crippen LogP contribution in [0, 0.1) is 19.7 Å². The summed E-state index contributed by atoms with van der Waals surface area (Å²) in [7, 11) is 0. The quantitative estimate of drug-likeness (QED) is 0.501. The summed E-state index contributed by atoms with van der Waals surface area (Å²) in [4.78, 5) is 27.8. The number of nitrogens with zero attached hydrogens (tertiary/aromatic N) is 1. The number of ether oxygens (including phenoxy) is 1. The second-order valence-electron chi connectivity index (χ2n) is 8.28. The largest absolute Gasteiger partial charge is 0.491 e. The van der Waals surface area contributed by atoms with Crippen LogP contribution in [-0.4, -0.2) is 17.9 Å². The Morgan fingerprint density at radius 3 is 2.24 bits per heavy atom. The highest BCUT2D eigenvalue weighted by Crippen LogP contribution is 2.36. The van der Waals surface area contributed by atoms with Crippen LogP contribution in [0.1, 0.15) is 30.5 Å². The van der Waals surface area contributed by atoms with E-state index in [1.807, 2.05) is 45.9 Å². The third kappa shape index (κ3) is 4.37. The van der Waals surface area contributed by atoms with Crippen LogP contribution >= 0.6 is 0 Å². The molecule has 1 N–H and O–H groups in total. The fraction of sp³-hybridized carbons (Fsp3) is 0.185. The minimum Gasteiger partial charge on any atom is -0.491 e. The van der Waals surface area contributed by atoms with Crippen molar-refractivity contribution in [3.05, 3.63) is 94.9 Å². The van der Waals surface area contributed by atoms with Gasteiger partial charge in [0.1, 0.15) is 17.3 Å². The van der Waals surface area contributed by atoms with Crippen molar-refractivity contribution in [1.29, 1.82) is 0 Å². The number of carbonyl (C=O) groups is 2. The summed E-state index contributed by atoms with van der Waals surface area (Å²) in [6, 6.07) is 18.5. The van der Waals surface area contributed by atoms with Crippen LogP contribution in [0.3, 0.4) is 0 Å². The first kappa shape index (κ1) is 22.3. The summed E-state index contributed by atoms with van der Waals surface area (Å²) in [5.74, 6) is -1.13. The van der Waals surface area contributed by atoms with Crippen molar-refractivity contribution in [3.63, 3.8) is 0 Å². The molecule has 0 aromatic heterocycles. The van der Waals surface area contributed by atoms with Gasteiger partial charge in [-0.15, -0.1) is 0 Å². The van der Waals surface area contributed by atoms with Crippen molar-refractivity contribution in [2.45, 2.75) is 33.8 Å². The first-order valence-corrected chi connectivity index (χ1v) is 10.7. The van der Waals surface area contributed by atoms with E-state index in [2.05, 4.69) is 5.32 Å². The second kappa shape index (κ2) is 8.90. The molecule has 1 aliphatic heterocycles. The van der Waals surface area contributed by atoms with E-state index in [1.54, 1.807) is 30.3 Å². The molecule has 0 saturated carbocycles. The van der Waals surface area contributed by atoms with Gasteiger partial charge < -0.3 is 10.1 Å². The van der Waals surface area contributed by atoms with Gasteiger partial charge >= 0.3 is 0 Å². The standard InChI is InChI=1S/C27H25FN2O3/c1-16(2)33-20-12-10-19(11-13-20)29-25-24(21-14-9-17(3)15-18(21)4)26(31)30(27(25)32)23-8-6-5-7-22(23)28/h5-16,29H,1-4H3. The van der Waals surface area contributed by atoms with Crippen molar-refractivity contribution >= 4 is 28.8 Å². The van der Waals surface area contributed by atoms with Gasteiger partial charge in [-0.3, -0.25) is 9.59 Å². The van der Waals surface area contributed by atoms with Gasteiger partial charge in [-0.2, -0.15) is 0 Å². The van der Waals surface area contributed by atoms with E-state index in [4.69, 9.17) is 4.74 Å². The average molecular weight is 445 g/mol. The molecule has 6 heteroatoms. The first-order valence-electron chi connectivity index (χ1n) is 10.7. The van der Waals surface area contributed by atoms with E-state index in [0.717, 1.165) is 16.0 Å². The topological polar surface area (TPSA) is 58.6 Å². The van der Waals surface area contributed by atoms with Crippen molar-refractivity contribution in [1.82, 2.24) is 0 Å². The maximum Gasteiger partial charge on any atom is 0.282 e. The fourth-order valence-corrected chi connectivity index (χ4v) is 3.87. The number of nitrogens with one attached hydrogen (secondary N) is 1. The Balaban J connectivity index is 1.79. The Morgan fingerprint density at radius 2 is 1.61 bits per heavy atom. The molecule has 0 saturated heterocycles. The van der Waals surface area contributed by atoms with Gasteiger partial charge in [0, 0.05) is 5.69 Å². The number of hydrogen-bond acceptors (Lipinski definition) is 4. The van der Waals surface area contributed by atoms with E-state index in [-0.39, 0.29) is 23.1 Å².